The summed E-state index contributed by atoms with van der Waals surface area (Å²) in [4.78, 5) is 22.3. The predicted octanol–water partition coefficient (Wildman–Crippen LogP) is 4.24. The monoisotopic (exact) mass is 412 g/mol. The first-order chi connectivity index (χ1) is 13.3. The molecule has 0 aliphatic carbocycles. The SMILES string of the molecule is C[C@@H](NC(=O)C1CCN(c2ncc(C(F)(F)F)cc2Cl)CC1)c1cccnc1. The third kappa shape index (κ3) is 4.73. The summed E-state index contributed by atoms with van der Waals surface area (Å²) in [5.41, 5.74) is 0.0499. The lowest BCUT2D eigenvalue weighted by molar-refractivity contribution is -0.137. The van der Waals surface area contributed by atoms with Gasteiger partial charge in [0, 0.05) is 37.6 Å². The number of hydrogen-bond acceptors (Lipinski definition) is 4. The molecule has 1 aliphatic heterocycles. The molecule has 0 spiro atoms. The van der Waals surface area contributed by atoms with Gasteiger partial charge in [-0.3, -0.25) is 9.78 Å². The van der Waals surface area contributed by atoms with Crippen LogP contribution in [0.2, 0.25) is 5.02 Å². The Morgan fingerprint density at radius 1 is 1.32 bits per heavy atom. The molecular formula is C19H20ClF3N4O. The number of nitrogens with one attached hydrogen (secondary N) is 1. The van der Waals surface area contributed by atoms with Crippen LogP contribution in [0.25, 0.3) is 0 Å². The lowest BCUT2D eigenvalue weighted by atomic mass is 9.95. The lowest BCUT2D eigenvalue weighted by Crippen LogP contribution is -2.41. The highest BCUT2D eigenvalue weighted by Gasteiger charge is 2.33. The Kier molecular flexibility index (Phi) is 6.07. The van der Waals surface area contributed by atoms with Gasteiger partial charge in [-0.1, -0.05) is 17.7 Å². The minimum atomic E-state index is -4.48. The van der Waals surface area contributed by atoms with Crippen LogP contribution in [0.1, 0.15) is 36.9 Å². The average molecular weight is 413 g/mol. The van der Waals surface area contributed by atoms with E-state index in [2.05, 4.69) is 15.3 Å². The predicted molar refractivity (Wildman–Crippen MR) is 100.0 cm³/mol. The number of pyridine rings is 2. The smallest absolute Gasteiger partial charge is 0.355 e. The molecule has 1 amide bonds. The van der Waals surface area contributed by atoms with Gasteiger partial charge in [-0.05, 0) is 37.5 Å². The van der Waals surface area contributed by atoms with Gasteiger partial charge in [-0.2, -0.15) is 13.2 Å². The fourth-order valence-electron chi connectivity index (χ4n) is 3.22. The van der Waals surface area contributed by atoms with Crippen LogP contribution in [0.5, 0.6) is 0 Å². The molecule has 0 bridgehead atoms. The largest absolute Gasteiger partial charge is 0.417 e. The summed E-state index contributed by atoms with van der Waals surface area (Å²) in [6.45, 7) is 2.89. The van der Waals surface area contributed by atoms with Crippen molar-refractivity contribution in [3.8, 4) is 0 Å². The minimum Gasteiger partial charge on any atom is -0.355 e. The first kappa shape index (κ1) is 20.4. The molecule has 3 rings (SSSR count). The molecule has 3 heterocycles. The zero-order valence-electron chi connectivity index (χ0n) is 15.2. The van der Waals surface area contributed by atoms with Crippen LogP contribution in [0.3, 0.4) is 0 Å². The Morgan fingerprint density at radius 3 is 2.61 bits per heavy atom. The van der Waals surface area contributed by atoms with Gasteiger partial charge >= 0.3 is 6.18 Å². The number of amides is 1. The van der Waals surface area contributed by atoms with Gasteiger partial charge in [0.15, 0.2) is 0 Å². The summed E-state index contributed by atoms with van der Waals surface area (Å²) >= 11 is 6.02. The van der Waals surface area contributed by atoms with Crippen molar-refractivity contribution in [1.29, 1.82) is 0 Å². The molecule has 9 heteroatoms. The first-order valence-electron chi connectivity index (χ1n) is 8.93. The second-order valence-electron chi connectivity index (χ2n) is 6.81. The minimum absolute atomic E-state index is 0.0390. The number of piperidine rings is 1. The third-order valence-electron chi connectivity index (χ3n) is 4.86. The molecule has 0 radical (unpaired) electrons. The van der Waals surface area contributed by atoms with E-state index in [1.807, 2.05) is 24.0 Å². The Bertz CT molecular complexity index is 824. The highest BCUT2D eigenvalue weighted by Crippen LogP contribution is 2.34. The van der Waals surface area contributed by atoms with Crippen LogP contribution >= 0.6 is 11.6 Å². The average Bonchev–Trinajstić information content (AvgIpc) is 2.68. The van der Waals surface area contributed by atoms with E-state index in [0.29, 0.717) is 31.7 Å². The van der Waals surface area contributed by atoms with Gasteiger partial charge in [-0.25, -0.2) is 4.98 Å². The number of anilines is 1. The molecule has 1 N–H and O–H groups in total. The van der Waals surface area contributed by atoms with Gasteiger partial charge in [0.25, 0.3) is 0 Å². The number of alkyl halides is 3. The van der Waals surface area contributed by atoms with Crippen LogP contribution in [0.15, 0.2) is 36.8 Å². The molecule has 1 aliphatic rings. The maximum Gasteiger partial charge on any atom is 0.417 e. The molecule has 1 saturated heterocycles. The van der Waals surface area contributed by atoms with Gasteiger partial charge in [-0.15, -0.1) is 0 Å². The molecule has 0 aromatic carbocycles. The van der Waals surface area contributed by atoms with E-state index in [4.69, 9.17) is 11.6 Å². The fourth-order valence-corrected chi connectivity index (χ4v) is 3.50. The molecule has 1 atom stereocenters. The van der Waals surface area contributed by atoms with E-state index in [1.54, 1.807) is 12.4 Å². The molecule has 1 fully saturated rings. The topological polar surface area (TPSA) is 58.1 Å². The number of aromatic nitrogens is 2. The molecule has 150 valence electrons. The fraction of sp³-hybridized carbons (Fsp3) is 0.421. The van der Waals surface area contributed by atoms with Gasteiger partial charge in [0.2, 0.25) is 5.91 Å². The maximum absolute atomic E-state index is 12.7. The number of rotatable bonds is 4. The van der Waals surface area contributed by atoms with E-state index in [9.17, 15) is 18.0 Å². The van der Waals surface area contributed by atoms with Gasteiger partial charge in [0.1, 0.15) is 5.82 Å². The normalized spacial score (nSPS) is 16.7. The van der Waals surface area contributed by atoms with Gasteiger partial charge in [0.05, 0.1) is 16.6 Å². The zero-order valence-corrected chi connectivity index (χ0v) is 16.0. The van der Waals surface area contributed by atoms with E-state index in [-0.39, 0.29) is 22.9 Å². The Hall–Kier alpha value is -2.35. The number of hydrogen-bond donors (Lipinski definition) is 1. The van der Waals surface area contributed by atoms with E-state index >= 15 is 0 Å². The highest BCUT2D eigenvalue weighted by molar-refractivity contribution is 6.33. The summed E-state index contributed by atoms with van der Waals surface area (Å²) < 4.78 is 38.2. The number of carbonyl (C=O) groups excluding carboxylic acids is 1. The quantitative estimate of drug-likeness (QED) is 0.816. The van der Waals surface area contributed by atoms with Crippen molar-refractivity contribution >= 4 is 23.3 Å². The lowest BCUT2D eigenvalue weighted by Gasteiger charge is -2.33. The number of nitrogens with zero attached hydrogens (tertiary/aromatic N) is 3. The van der Waals surface area contributed by atoms with E-state index in [0.717, 1.165) is 17.8 Å². The molecule has 2 aromatic rings. The molecule has 5 nitrogen and oxygen atoms in total. The Balaban J connectivity index is 1.58. The van der Waals surface area contributed by atoms with Crippen molar-refractivity contribution in [2.24, 2.45) is 5.92 Å². The van der Waals surface area contributed by atoms with Crippen LogP contribution in [-0.4, -0.2) is 29.0 Å². The second kappa shape index (κ2) is 8.34. The highest BCUT2D eigenvalue weighted by atomic mass is 35.5. The molecule has 28 heavy (non-hydrogen) atoms. The molecular weight excluding hydrogens is 393 g/mol. The van der Waals surface area contributed by atoms with Crippen molar-refractivity contribution in [3.63, 3.8) is 0 Å². The van der Waals surface area contributed by atoms with Gasteiger partial charge < -0.3 is 10.2 Å². The standard InChI is InChI=1S/C19H20ClF3N4O/c1-12(14-3-2-6-24-10-14)26-18(28)13-4-7-27(8-5-13)17-16(20)9-15(11-25-17)19(21,22)23/h2-3,6,9-13H,4-5,7-8H2,1H3,(H,26,28)/t12-/m1/s1. The van der Waals surface area contributed by atoms with Crippen molar-refractivity contribution in [2.75, 3.05) is 18.0 Å². The van der Waals surface area contributed by atoms with Crippen molar-refractivity contribution in [2.45, 2.75) is 32.0 Å². The van der Waals surface area contributed by atoms with Crippen LogP contribution in [0.4, 0.5) is 19.0 Å². The summed E-state index contributed by atoms with van der Waals surface area (Å²) in [6.07, 6.45) is 0.843. The molecule has 0 unspecified atom stereocenters. The Labute approximate surface area is 165 Å². The van der Waals surface area contributed by atoms with Crippen LogP contribution in [-0.2, 0) is 11.0 Å². The summed E-state index contributed by atoms with van der Waals surface area (Å²) in [6, 6.07) is 4.46. The second-order valence-corrected chi connectivity index (χ2v) is 7.21. The number of carbonyl (C=O) groups is 1. The molecule has 0 saturated carbocycles. The van der Waals surface area contributed by atoms with Crippen LogP contribution < -0.4 is 10.2 Å². The van der Waals surface area contributed by atoms with Crippen molar-refractivity contribution in [3.05, 3.63) is 52.9 Å². The number of halogens is 4. The van der Waals surface area contributed by atoms with Crippen LogP contribution in [0, 0.1) is 5.92 Å². The zero-order chi connectivity index (χ0) is 20.3. The third-order valence-corrected chi connectivity index (χ3v) is 5.14. The van der Waals surface area contributed by atoms with E-state index < -0.39 is 11.7 Å². The summed E-state index contributed by atoms with van der Waals surface area (Å²) in [5.74, 6) is 0.114. The maximum atomic E-state index is 12.7. The Morgan fingerprint density at radius 2 is 2.04 bits per heavy atom. The molecule has 2 aromatic heterocycles. The van der Waals surface area contributed by atoms with Crippen molar-refractivity contribution in [1.82, 2.24) is 15.3 Å². The van der Waals surface area contributed by atoms with Crippen molar-refractivity contribution < 1.29 is 18.0 Å². The first-order valence-corrected chi connectivity index (χ1v) is 9.31. The summed E-state index contributed by atoms with van der Waals surface area (Å²) in [5, 5.41) is 2.95. The summed E-state index contributed by atoms with van der Waals surface area (Å²) in [7, 11) is 0. The van der Waals surface area contributed by atoms with E-state index in [1.165, 1.54) is 0 Å².